The molecule has 0 aromatic heterocycles. The highest BCUT2D eigenvalue weighted by Gasteiger charge is 2.18. The number of hydrogen-bond acceptors (Lipinski definition) is 6. The zero-order valence-corrected chi connectivity index (χ0v) is 19.0. The predicted octanol–water partition coefficient (Wildman–Crippen LogP) is 2.76. The molecule has 1 aliphatic heterocycles. The Labute approximate surface area is 200 Å². The molecular formula is C22H22Cl2N4O5. The molecule has 0 unspecified atom stereocenters. The highest BCUT2D eigenvalue weighted by atomic mass is 35.5. The molecule has 3 N–H and O–H groups in total. The van der Waals surface area contributed by atoms with E-state index in [1.807, 2.05) is 0 Å². The molecule has 3 amide bonds. The van der Waals surface area contributed by atoms with Crippen molar-refractivity contribution in [2.75, 3.05) is 25.1 Å². The van der Waals surface area contributed by atoms with Gasteiger partial charge >= 0.3 is 11.8 Å². The average molecular weight is 493 g/mol. The normalized spacial score (nSPS) is 15.3. The third kappa shape index (κ3) is 8.05. The highest BCUT2D eigenvalue weighted by Crippen LogP contribution is 2.25. The lowest BCUT2D eigenvalue weighted by Crippen LogP contribution is -2.41. The van der Waals surface area contributed by atoms with Gasteiger partial charge in [-0.2, -0.15) is 5.10 Å². The fraction of sp³-hybridized carbons (Fsp3) is 0.273. The van der Waals surface area contributed by atoms with Gasteiger partial charge in [-0.05, 0) is 60.9 Å². The molecule has 9 nitrogen and oxygen atoms in total. The van der Waals surface area contributed by atoms with E-state index in [2.05, 4.69) is 21.2 Å². The van der Waals surface area contributed by atoms with E-state index in [0.29, 0.717) is 40.2 Å². The summed E-state index contributed by atoms with van der Waals surface area (Å²) in [5.41, 5.74) is 3.33. The molecule has 174 valence electrons. The second-order valence-corrected chi connectivity index (χ2v) is 7.89. The zero-order chi connectivity index (χ0) is 23.6. The number of carbonyl (C=O) groups is 3. The average Bonchev–Trinajstić information content (AvgIpc) is 3.33. The van der Waals surface area contributed by atoms with Gasteiger partial charge in [-0.3, -0.25) is 14.4 Å². The van der Waals surface area contributed by atoms with Crippen molar-refractivity contribution in [1.29, 1.82) is 0 Å². The Morgan fingerprint density at radius 1 is 1.09 bits per heavy atom. The molecular weight excluding hydrogens is 471 g/mol. The molecule has 33 heavy (non-hydrogen) atoms. The molecule has 1 fully saturated rings. The van der Waals surface area contributed by atoms with E-state index < -0.39 is 11.8 Å². The molecule has 2 aromatic rings. The first kappa shape index (κ1) is 24.5. The maximum atomic E-state index is 12.0. The number of hydrogen-bond donors (Lipinski definition) is 3. The van der Waals surface area contributed by atoms with E-state index >= 15 is 0 Å². The van der Waals surface area contributed by atoms with Crippen LogP contribution in [0.1, 0.15) is 18.4 Å². The Bertz CT molecular complexity index is 1020. The summed E-state index contributed by atoms with van der Waals surface area (Å²) in [4.78, 5) is 35.5. The van der Waals surface area contributed by atoms with Gasteiger partial charge < -0.3 is 20.1 Å². The number of hydrazone groups is 1. The van der Waals surface area contributed by atoms with E-state index in [1.165, 1.54) is 6.21 Å². The molecule has 0 radical (unpaired) electrons. The van der Waals surface area contributed by atoms with E-state index in [1.54, 1.807) is 42.5 Å². The Kier molecular flexibility index (Phi) is 9.05. The number of carbonyl (C=O) groups excluding carboxylic acids is 3. The van der Waals surface area contributed by atoms with Crippen molar-refractivity contribution in [1.82, 2.24) is 10.7 Å². The maximum Gasteiger partial charge on any atom is 0.329 e. The van der Waals surface area contributed by atoms with Crippen LogP contribution in [0.25, 0.3) is 0 Å². The van der Waals surface area contributed by atoms with Crippen molar-refractivity contribution in [3.63, 3.8) is 0 Å². The molecule has 1 atom stereocenters. The van der Waals surface area contributed by atoms with Gasteiger partial charge in [-0.25, -0.2) is 5.43 Å². The number of rotatable bonds is 8. The van der Waals surface area contributed by atoms with Crippen LogP contribution in [-0.2, 0) is 19.1 Å². The molecule has 11 heteroatoms. The lowest BCUT2D eigenvalue weighted by molar-refractivity contribution is -0.139. The molecule has 2 aromatic carbocycles. The minimum absolute atomic E-state index is 0.0482. The number of benzene rings is 2. The summed E-state index contributed by atoms with van der Waals surface area (Å²) >= 11 is 11.8. The van der Waals surface area contributed by atoms with Gasteiger partial charge in [0.25, 0.3) is 5.91 Å². The molecule has 0 bridgehead atoms. The molecule has 0 aliphatic carbocycles. The second kappa shape index (κ2) is 12.2. The third-order valence-corrected chi connectivity index (χ3v) is 5.29. The van der Waals surface area contributed by atoms with Gasteiger partial charge in [-0.15, -0.1) is 0 Å². The SMILES string of the molecule is O=C(COc1ccc(/C=N\NC(=O)C(=O)NC[C@@H]2CCCO2)cc1)Nc1ccc(Cl)c(Cl)c1. The molecule has 1 heterocycles. The summed E-state index contributed by atoms with van der Waals surface area (Å²) in [5.74, 6) is -1.53. The minimum Gasteiger partial charge on any atom is -0.484 e. The lowest BCUT2D eigenvalue weighted by Gasteiger charge is -2.09. The lowest BCUT2D eigenvalue weighted by atomic mass is 10.2. The van der Waals surface area contributed by atoms with E-state index in [0.717, 1.165) is 12.8 Å². The standard InChI is InChI=1S/C22H22Cl2N4O5/c23-18-8-5-15(10-19(18)24)27-20(29)13-33-16-6-3-14(4-7-16)11-26-28-22(31)21(30)25-12-17-2-1-9-32-17/h3-8,10-11,17H,1-2,9,12-13H2,(H,25,30)(H,27,29)(H,28,31)/b26-11-/t17-/m0/s1. The van der Waals surface area contributed by atoms with Crippen LogP contribution in [0.2, 0.25) is 10.0 Å². The van der Waals surface area contributed by atoms with Crippen molar-refractivity contribution >= 4 is 52.8 Å². The molecule has 0 spiro atoms. The summed E-state index contributed by atoms with van der Waals surface area (Å²) in [5, 5.41) is 9.66. The van der Waals surface area contributed by atoms with Crippen LogP contribution in [-0.4, -0.2) is 49.8 Å². The minimum atomic E-state index is -0.864. The van der Waals surface area contributed by atoms with Crippen LogP contribution in [0.3, 0.4) is 0 Å². The number of ether oxygens (including phenoxy) is 2. The number of anilines is 1. The maximum absolute atomic E-state index is 12.0. The van der Waals surface area contributed by atoms with Crippen LogP contribution in [0.4, 0.5) is 5.69 Å². The van der Waals surface area contributed by atoms with Gasteiger partial charge in [0, 0.05) is 18.8 Å². The van der Waals surface area contributed by atoms with Gasteiger partial charge in [0.2, 0.25) is 0 Å². The number of halogens is 2. The molecule has 1 aliphatic rings. The summed E-state index contributed by atoms with van der Waals surface area (Å²) in [6.45, 7) is 0.764. The fourth-order valence-electron chi connectivity index (χ4n) is 2.88. The van der Waals surface area contributed by atoms with E-state index in [-0.39, 0.29) is 18.6 Å². The van der Waals surface area contributed by atoms with Gasteiger partial charge in [-0.1, -0.05) is 23.2 Å². The summed E-state index contributed by atoms with van der Waals surface area (Å²) in [6, 6.07) is 11.4. The van der Waals surface area contributed by atoms with Crippen LogP contribution in [0.5, 0.6) is 5.75 Å². The zero-order valence-electron chi connectivity index (χ0n) is 17.5. The molecule has 3 rings (SSSR count). The first-order valence-electron chi connectivity index (χ1n) is 10.1. The number of nitrogens with zero attached hydrogens (tertiary/aromatic N) is 1. The Hall–Kier alpha value is -3.14. The van der Waals surface area contributed by atoms with Gasteiger partial charge in [0.05, 0.1) is 22.4 Å². The van der Waals surface area contributed by atoms with Crippen molar-refractivity contribution in [3.05, 3.63) is 58.1 Å². The number of amides is 3. The van der Waals surface area contributed by atoms with Crippen molar-refractivity contribution in [2.24, 2.45) is 5.10 Å². The predicted molar refractivity (Wildman–Crippen MR) is 125 cm³/mol. The van der Waals surface area contributed by atoms with Crippen LogP contribution >= 0.6 is 23.2 Å². The van der Waals surface area contributed by atoms with Crippen LogP contribution in [0, 0.1) is 0 Å². The van der Waals surface area contributed by atoms with E-state index in [4.69, 9.17) is 32.7 Å². The van der Waals surface area contributed by atoms with Gasteiger partial charge in [0.15, 0.2) is 6.61 Å². The summed E-state index contributed by atoms with van der Waals surface area (Å²) in [6.07, 6.45) is 3.15. The summed E-state index contributed by atoms with van der Waals surface area (Å²) < 4.78 is 10.8. The van der Waals surface area contributed by atoms with Crippen LogP contribution < -0.4 is 20.8 Å². The quantitative estimate of drug-likeness (QED) is 0.297. The Morgan fingerprint density at radius 3 is 2.58 bits per heavy atom. The smallest absolute Gasteiger partial charge is 0.329 e. The van der Waals surface area contributed by atoms with Crippen molar-refractivity contribution in [3.8, 4) is 5.75 Å². The molecule has 1 saturated heterocycles. The third-order valence-electron chi connectivity index (χ3n) is 4.55. The first-order chi connectivity index (χ1) is 15.9. The van der Waals surface area contributed by atoms with Crippen molar-refractivity contribution in [2.45, 2.75) is 18.9 Å². The Morgan fingerprint density at radius 2 is 1.88 bits per heavy atom. The summed E-state index contributed by atoms with van der Waals surface area (Å²) in [7, 11) is 0. The second-order valence-electron chi connectivity index (χ2n) is 7.08. The highest BCUT2D eigenvalue weighted by molar-refractivity contribution is 6.42. The molecule has 0 saturated carbocycles. The fourth-order valence-corrected chi connectivity index (χ4v) is 3.18. The Balaban J connectivity index is 1.38. The van der Waals surface area contributed by atoms with Gasteiger partial charge in [0.1, 0.15) is 5.75 Å². The topological polar surface area (TPSA) is 118 Å². The van der Waals surface area contributed by atoms with E-state index in [9.17, 15) is 14.4 Å². The largest absolute Gasteiger partial charge is 0.484 e. The first-order valence-corrected chi connectivity index (χ1v) is 10.9. The van der Waals surface area contributed by atoms with Crippen LogP contribution in [0.15, 0.2) is 47.6 Å². The monoisotopic (exact) mass is 492 g/mol. The number of nitrogens with one attached hydrogen (secondary N) is 3. The van der Waals surface area contributed by atoms with Crippen molar-refractivity contribution < 1.29 is 23.9 Å².